The van der Waals surface area contributed by atoms with Crippen molar-refractivity contribution in [2.45, 2.75) is 44.9 Å². The topological polar surface area (TPSA) is 3.24 Å². The number of benzene rings is 7. The molecule has 0 aromatic heterocycles. The van der Waals surface area contributed by atoms with Gasteiger partial charge in [0.2, 0.25) is 0 Å². The van der Waals surface area contributed by atoms with E-state index in [1.165, 1.54) is 97.8 Å². The van der Waals surface area contributed by atoms with Gasteiger partial charge in [0, 0.05) is 22.4 Å². The Morgan fingerprint density at radius 1 is 0.438 bits per heavy atom. The van der Waals surface area contributed by atoms with Gasteiger partial charge in [0.25, 0.3) is 0 Å². The average molecular weight is 618 g/mol. The highest BCUT2D eigenvalue weighted by Crippen LogP contribution is 2.53. The van der Waals surface area contributed by atoms with E-state index in [2.05, 4.69) is 170 Å². The SMILES string of the molecule is CC1(C)c2ccccc2-c2cc(-c3ccc(-c4ccc5c(c4)CCCC5)cc3)c(N(c3ccccc3)c3ccc4ccccc4c3)cc21. The van der Waals surface area contributed by atoms with E-state index >= 15 is 0 Å². The molecule has 2 aliphatic carbocycles. The van der Waals surface area contributed by atoms with E-state index in [4.69, 9.17) is 0 Å². The van der Waals surface area contributed by atoms with Crippen LogP contribution in [0.3, 0.4) is 0 Å². The first-order valence-corrected chi connectivity index (χ1v) is 17.4. The summed E-state index contributed by atoms with van der Waals surface area (Å²) in [7, 11) is 0. The molecule has 7 aromatic carbocycles. The van der Waals surface area contributed by atoms with Crippen molar-refractivity contribution in [3.8, 4) is 33.4 Å². The van der Waals surface area contributed by atoms with Gasteiger partial charge < -0.3 is 4.90 Å². The van der Waals surface area contributed by atoms with E-state index < -0.39 is 0 Å². The Morgan fingerprint density at radius 3 is 1.96 bits per heavy atom. The van der Waals surface area contributed by atoms with Gasteiger partial charge in [0.05, 0.1) is 5.69 Å². The highest BCUT2D eigenvalue weighted by molar-refractivity contribution is 5.96. The molecule has 0 amide bonds. The van der Waals surface area contributed by atoms with Crippen molar-refractivity contribution in [2.24, 2.45) is 0 Å². The first-order chi connectivity index (χ1) is 23.5. The molecular weight excluding hydrogens is 579 g/mol. The summed E-state index contributed by atoms with van der Waals surface area (Å²) in [5.41, 5.74) is 16.9. The van der Waals surface area contributed by atoms with Gasteiger partial charge in [-0.2, -0.15) is 0 Å². The average Bonchev–Trinajstić information content (AvgIpc) is 3.37. The van der Waals surface area contributed by atoms with Crippen molar-refractivity contribution in [3.63, 3.8) is 0 Å². The molecule has 1 heteroatoms. The van der Waals surface area contributed by atoms with Crippen LogP contribution in [0.5, 0.6) is 0 Å². The van der Waals surface area contributed by atoms with Crippen LogP contribution in [0.4, 0.5) is 17.1 Å². The van der Waals surface area contributed by atoms with E-state index in [-0.39, 0.29) is 5.41 Å². The molecule has 7 aromatic rings. The van der Waals surface area contributed by atoms with Crippen LogP contribution in [0.15, 0.2) is 152 Å². The zero-order valence-corrected chi connectivity index (χ0v) is 27.7. The lowest BCUT2D eigenvalue weighted by atomic mass is 9.81. The van der Waals surface area contributed by atoms with Gasteiger partial charge in [0.15, 0.2) is 0 Å². The predicted molar refractivity (Wildman–Crippen MR) is 204 cm³/mol. The standard InChI is InChI=1S/C47H39N/c1-47(2)44-19-11-10-18-41(44)43-30-42(35-23-20-34(21-24-35)38-25-22-32-12-6-8-14-36(32)28-38)46(31-45(43)47)48(39-16-4-3-5-17-39)40-27-26-33-13-7-9-15-37(33)29-40/h3-5,7,9-11,13,15-31H,6,8,12,14H2,1-2H3. The molecule has 0 bridgehead atoms. The second kappa shape index (κ2) is 11.4. The smallest absolute Gasteiger partial charge is 0.0543 e. The fourth-order valence-electron chi connectivity index (χ4n) is 8.23. The van der Waals surface area contributed by atoms with Gasteiger partial charge in [0.1, 0.15) is 0 Å². The molecule has 9 rings (SSSR count). The highest BCUT2D eigenvalue weighted by atomic mass is 15.1. The quantitative estimate of drug-likeness (QED) is 0.186. The predicted octanol–water partition coefficient (Wildman–Crippen LogP) is 12.8. The maximum absolute atomic E-state index is 2.48. The summed E-state index contributed by atoms with van der Waals surface area (Å²) in [5.74, 6) is 0. The molecule has 0 spiro atoms. The Bertz CT molecular complexity index is 2310. The van der Waals surface area contributed by atoms with Crippen molar-refractivity contribution < 1.29 is 0 Å². The van der Waals surface area contributed by atoms with Gasteiger partial charge in [-0.15, -0.1) is 0 Å². The fourth-order valence-corrected chi connectivity index (χ4v) is 8.23. The van der Waals surface area contributed by atoms with Crippen molar-refractivity contribution in [2.75, 3.05) is 4.90 Å². The van der Waals surface area contributed by atoms with E-state index in [0.29, 0.717) is 0 Å². The van der Waals surface area contributed by atoms with Crippen LogP contribution in [0.25, 0.3) is 44.2 Å². The molecule has 2 aliphatic rings. The molecular formula is C47H39N. The lowest BCUT2D eigenvalue weighted by molar-refractivity contribution is 0.660. The molecule has 0 saturated heterocycles. The molecule has 232 valence electrons. The summed E-state index contributed by atoms with van der Waals surface area (Å²) in [6, 6.07) is 56.6. The summed E-state index contributed by atoms with van der Waals surface area (Å²) in [4.78, 5) is 2.46. The Kier molecular flexibility index (Phi) is 6.83. The number of rotatable bonds is 5. The molecule has 0 saturated carbocycles. The molecule has 0 atom stereocenters. The molecule has 0 unspecified atom stereocenters. The third kappa shape index (κ3) is 4.76. The Labute approximate surface area is 284 Å². The first-order valence-electron chi connectivity index (χ1n) is 17.4. The first kappa shape index (κ1) is 28.8. The van der Waals surface area contributed by atoms with E-state index in [0.717, 1.165) is 11.4 Å². The van der Waals surface area contributed by atoms with Gasteiger partial charge in [-0.05, 0) is 123 Å². The van der Waals surface area contributed by atoms with Crippen LogP contribution in [0, 0.1) is 0 Å². The summed E-state index contributed by atoms with van der Waals surface area (Å²) in [6.07, 6.45) is 5.02. The number of aryl methyl sites for hydroxylation is 2. The molecule has 0 N–H and O–H groups in total. The second-order valence-corrected chi connectivity index (χ2v) is 14.1. The van der Waals surface area contributed by atoms with Gasteiger partial charge in [-0.25, -0.2) is 0 Å². The lowest BCUT2D eigenvalue weighted by Gasteiger charge is -2.30. The van der Waals surface area contributed by atoms with Crippen LogP contribution in [-0.2, 0) is 18.3 Å². The number of para-hydroxylation sites is 1. The third-order valence-corrected chi connectivity index (χ3v) is 10.8. The number of hydrogen-bond donors (Lipinski definition) is 0. The van der Waals surface area contributed by atoms with Gasteiger partial charge in [-0.3, -0.25) is 0 Å². The maximum atomic E-state index is 2.48. The van der Waals surface area contributed by atoms with Crippen LogP contribution in [0.1, 0.15) is 48.9 Å². The number of anilines is 3. The molecule has 0 heterocycles. The van der Waals surface area contributed by atoms with Crippen molar-refractivity contribution in [1.29, 1.82) is 0 Å². The van der Waals surface area contributed by atoms with E-state index in [9.17, 15) is 0 Å². The second-order valence-electron chi connectivity index (χ2n) is 14.1. The molecule has 1 nitrogen and oxygen atoms in total. The fraction of sp³-hybridized carbons (Fsp3) is 0.149. The molecule has 0 radical (unpaired) electrons. The Balaban J connectivity index is 1.25. The van der Waals surface area contributed by atoms with E-state index in [1.807, 2.05) is 0 Å². The summed E-state index contributed by atoms with van der Waals surface area (Å²) in [6.45, 7) is 4.74. The number of nitrogens with zero attached hydrogens (tertiary/aromatic N) is 1. The Morgan fingerprint density at radius 2 is 1.12 bits per heavy atom. The zero-order valence-electron chi connectivity index (χ0n) is 27.7. The number of fused-ring (bicyclic) bond motifs is 5. The zero-order chi connectivity index (χ0) is 32.2. The lowest BCUT2D eigenvalue weighted by Crippen LogP contribution is -2.17. The minimum atomic E-state index is -0.110. The third-order valence-electron chi connectivity index (χ3n) is 10.8. The number of hydrogen-bond acceptors (Lipinski definition) is 1. The summed E-state index contributed by atoms with van der Waals surface area (Å²) in [5, 5.41) is 2.48. The molecule has 0 fully saturated rings. The minimum absolute atomic E-state index is 0.110. The normalized spacial score (nSPS) is 14.3. The highest BCUT2D eigenvalue weighted by Gasteiger charge is 2.37. The van der Waals surface area contributed by atoms with Crippen LogP contribution in [0.2, 0.25) is 0 Å². The van der Waals surface area contributed by atoms with Crippen LogP contribution >= 0.6 is 0 Å². The van der Waals surface area contributed by atoms with Crippen molar-refractivity contribution in [3.05, 3.63) is 174 Å². The minimum Gasteiger partial charge on any atom is -0.310 e. The molecule has 48 heavy (non-hydrogen) atoms. The van der Waals surface area contributed by atoms with Crippen LogP contribution in [-0.4, -0.2) is 0 Å². The monoisotopic (exact) mass is 617 g/mol. The van der Waals surface area contributed by atoms with E-state index in [1.54, 1.807) is 0 Å². The summed E-state index contributed by atoms with van der Waals surface area (Å²) < 4.78 is 0. The molecule has 0 aliphatic heterocycles. The van der Waals surface area contributed by atoms with Crippen molar-refractivity contribution in [1.82, 2.24) is 0 Å². The summed E-state index contributed by atoms with van der Waals surface area (Å²) >= 11 is 0. The van der Waals surface area contributed by atoms with Crippen LogP contribution < -0.4 is 4.90 Å². The Hall–Kier alpha value is -5.40. The maximum Gasteiger partial charge on any atom is 0.0543 e. The largest absolute Gasteiger partial charge is 0.310 e. The van der Waals surface area contributed by atoms with Gasteiger partial charge in [-0.1, -0.05) is 129 Å². The van der Waals surface area contributed by atoms with Gasteiger partial charge >= 0.3 is 0 Å². The van der Waals surface area contributed by atoms with Crippen molar-refractivity contribution >= 4 is 27.8 Å².